The van der Waals surface area contributed by atoms with Gasteiger partial charge in [-0.2, -0.15) is 0 Å². The summed E-state index contributed by atoms with van der Waals surface area (Å²) in [5.74, 6) is 0.981. The third kappa shape index (κ3) is 2.84. The van der Waals surface area contributed by atoms with Gasteiger partial charge in [0.05, 0.1) is 19.2 Å². The van der Waals surface area contributed by atoms with E-state index in [1.165, 1.54) is 0 Å². The van der Waals surface area contributed by atoms with Crippen LogP contribution in [-0.4, -0.2) is 6.54 Å². The molecule has 4 rings (SSSR count). The first-order valence-electron chi connectivity index (χ1n) is 8.10. The van der Waals surface area contributed by atoms with E-state index in [1.54, 1.807) is 12.3 Å². The summed E-state index contributed by atoms with van der Waals surface area (Å²) in [6.07, 6.45) is 2.56. The van der Waals surface area contributed by atoms with Crippen molar-refractivity contribution in [1.82, 2.24) is 0 Å². The molecule has 0 spiro atoms. The molecule has 0 aliphatic rings. The normalized spacial score (nSPS) is 11.3. The predicted molar refractivity (Wildman–Crippen MR) is 92.9 cm³/mol. The molecule has 0 unspecified atom stereocenters. The van der Waals surface area contributed by atoms with Crippen molar-refractivity contribution >= 4 is 21.7 Å². The van der Waals surface area contributed by atoms with Crippen molar-refractivity contribution in [2.75, 3.05) is 6.54 Å². The van der Waals surface area contributed by atoms with E-state index in [1.807, 2.05) is 36.4 Å². The number of fused-ring (bicyclic) bond motifs is 3. The Kier molecular flexibility index (Phi) is 3.89. The number of nitrogens with two attached hydrogens (primary N) is 1. The number of benzene rings is 2. The molecule has 120 valence electrons. The van der Waals surface area contributed by atoms with E-state index in [2.05, 4.69) is 17.4 Å². The zero-order valence-electron chi connectivity index (χ0n) is 13.2. The van der Waals surface area contributed by atoms with Gasteiger partial charge in [-0.15, -0.1) is 0 Å². The minimum atomic E-state index is -0.299. The van der Waals surface area contributed by atoms with Gasteiger partial charge in [-0.3, -0.25) is 0 Å². The van der Waals surface area contributed by atoms with E-state index in [0.29, 0.717) is 5.58 Å². The van der Waals surface area contributed by atoms with Gasteiger partial charge in [0.25, 0.3) is 0 Å². The first-order chi connectivity index (χ1) is 11.8. The van der Waals surface area contributed by atoms with E-state index in [0.717, 1.165) is 47.0 Å². The maximum absolute atomic E-state index is 11.9. The molecular formula is C20H18NO3+. The smallest absolute Gasteiger partial charge is 0.336 e. The second-order valence-electron chi connectivity index (χ2n) is 5.86. The minimum Gasteiger partial charge on any atom is -0.469 e. The molecule has 4 nitrogen and oxygen atoms in total. The Bertz CT molecular complexity index is 1030. The van der Waals surface area contributed by atoms with Crippen LogP contribution in [0, 0.1) is 0 Å². The SMILES string of the molecule is O=c1cc(C[NH2+]CCc2ccco2)c2c(ccc3ccccc32)o1. The molecular weight excluding hydrogens is 302 g/mol. The van der Waals surface area contributed by atoms with Crippen molar-refractivity contribution in [3.63, 3.8) is 0 Å². The molecule has 0 fully saturated rings. The zero-order chi connectivity index (χ0) is 16.4. The largest absolute Gasteiger partial charge is 0.469 e. The quantitative estimate of drug-likeness (QED) is 0.349. The van der Waals surface area contributed by atoms with Gasteiger partial charge < -0.3 is 14.2 Å². The van der Waals surface area contributed by atoms with Crippen LogP contribution in [0.25, 0.3) is 21.7 Å². The molecule has 0 bridgehead atoms. The van der Waals surface area contributed by atoms with Crippen LogP contribution in [0.3, 0.4) is 0 Å². The first-order valence-corrected chi connectivity index (χ1v) is 8.10. The van der Waals surface area contributed by atoms with E-state index in [4.69, 9.17) is 8.83 Å². The molecule has 2 heterocycles. The van der Waals surface area contributed by atoms with Crippen molar-refractivity contribution in [3.8, 4) is 0 Å². The van der Waals surface area contributed by atoms with Crippen LogP contribution >= 0.6 is 0 Å². The highest BCUT2D eigenvalue weighted by Crippen LogP contribution is 2.26. The van der Waals surface area contributed by atoms with Gasteiger partial charge >= 0.3 is 5.63 Å². The number of furan rings is 1. The highest BCUT2D eigenvalue weighted by molar-refractivity contribution is 6.06. The maximum atomic E-state index is 11.9. The standard InChI is InChI=1S/C20H17NO3/c22-19-12-15(13-21-10-9-16-5-3-11-23-16)20-17-6-2-1-4-14(17)7-8-18(20)24-19/h1-8,11-12,21H,9-10,13H2/p+1. The number of hydrogen-bond donors (Lipinski definition) is 1. The lowest BCUT2D eigenvalue weighted by Crippen LogP contribution is -2.83. The van der Waals surface area contributed by atoms with Crippen LogP contribution in [0.5, 0.6) is 0 Å². The highest BCUT2D eigenvalue weighted by atomic mass is 16.4. The minimum absolute atomic E-state index is 0.299. The topological polar surface area (TPSA) is 60.0 Å². The third-order valence-electron chi connectivity index (χ3n) is 4.25. The third-order valence-corrected chi connectivity index (χ3v) is 4.25. The highest BCUT2D eigenvalue weighted by Gasteiger charge is 2.11. The molecule has 0 saturated carbocycles. The van der Waals surface area contributed by atoms with Gasteiger partial charge in [-0.25, -0.2) is 4.79 Å². The molecule has 0 amide bonds. The van der Waals surface area contributed by atoms with Crippen molar-refractivity contribution in [1.29, 1.82) is 0 Å². The van der Waals surface area contributed by atoms with Gasteiger partial charge in [0.15, 0.2) is 0 Å². The van der Waals surface area contributed by atoms with E-state index in [9.17, 15) is 4.79 Å². The Morgan fingerprint density at radius 3 is 2.79 bits per heavy atom. The first kappa shape index (κ1) is 14.7. The summed E-state index contributed by atoms with van der Waals surface area (Å²) >= 11 is 0. The fraction of sp³-hybridized carbons (Fsp3) is 0.150. The maximum Gasteiger partial charge on any atom is 0.336 e. The predicted octanol–water partition coefficient (Wildman–Crippen LogP) is 2.85. The number of quaternary nitrogens is 1. The van der Waals surface area contributed by atoms with Gasteiger partial charge in [0, 0.05) is 17.0 Å². The number of rotatable bonds is 5. The van der Waals surface area contributed by atoms with Crippen LogP contribution in [0.2, 0.25) is 0 Å². The second-order valence-corrected chi connectivity index (χ2v) is 5.86. The monoisotopic (exact) mass is 320 g/mol. The van der Waals surface area contributed by atoms with E-state index in [-0.39, 0.29) is 5.63 Å². The van der Waals surface area contributed by atoms with Gasteiger partial charge in [-0.1, -0.05) is 30.3 Å². The molecule has 2 aromatic heterocycles. The van der Waals surface area contributed by atoms with Crippen LogP contribution in [0.15, 0.2) is 74.5 Å². The fourth-order valence-electron chi connectivity index (χ4n) is 3.14. The molecule has 4 heteroatoms. The molecule has 0 aliphatic carbocycles. The lowest BCUT2D eigenvalue weighted by atomic mass is 10.0. The van der Waals surface area contributed by atoms with Crippen molar-refractivity contribution in [3.05, 3.63) is 82.6 Å². The van der Waals surface area contributed by atoms with Crippen molar-refractivity contribution in [2.24, 2.45) is 0 Å². The van der Waals surface area contributed by atoms with Crippen LogP contribution in [0.1, 0.15) is 11.3 Å². The van der Waals surface area contributed by atoms with Crippen LogP contribution in [0.4, 0.5) is 0 Å². The Labute approximate surface area is 138 Å². The summed E-state index contributed by atoms with van der Waals surface area (Å²) in [7, 11) is 0. The second kappa shape index (κ2) is 6.34. The zero-order valence-corrected chi connectivity index (χ0v) is 13.2. The molecule has 0 radical (unpaired) electrons. The number of hydrogen-bond acceptors (Lipinski definition) is 3. The molecule has 0 atom stereocenters. The Morgan fingerprint density at radius 2 is 1.92 bits per heavy atom. The van der Waals surface area contributed by atoms with Crippen molar-refractivity contribution in [2.45, 2.75) is 13.0 Å². The molecule has 4 aromatic rings. The van der Waals surface area contributed by atoms with Crippen LogP contribution in [-0.2, 0) is 13.0 Å². The summed E-state index contributed by atoms with van der Waals surface area (Å²) in [5, 5.41) is 5.49. The van der Waals surface area contributed by atoms with Crippen molar-refractivity contribution < 1.29 is 14.2 Å². The summed E-state index contributed by atoms with van der Waals surface area (Å²) in [6, 6.07) is 17.5. The van der Waals surface area contributed by atoms with Gasteiger partial charge in [0.2, 0.25) is 0 Å². The Balaban J connectivity index is 1.66. The van der Waals surface area contributed by atoms with Crippen LogP contribution < -0.4 is 10.9 Å². The average molecular weight is 320 g/mol. The lowest BCUT2D eigenvalue weighted by Gasteiger charge is -2.08. The summed E-state index contributed by atoms with van der Waals surface area (Å²) in [6.45, 7) is 1.64. The Hall–Kier alpha value is -2.85. The summed E-state index contributed by atoms with van der Waals surface area (Å²) in [4.78, 5) is 11.9. The Morgan fingerprint density at radius 1 is 1.00 bits per heavy atom. The average Bonchev–Trinajstić information content (AvgIpc) is 3.11. The summed E-state index contributed by atoms with van der Waals surface area (Å²) < 4.78 is 10.7. The van der Waals surface area contributed by atoms with E-state index >= 15 is 0 Å². The van der Waals surface area contributed by atoms with Gasteiger partial charge in [-0.05, 0) is 29.0 Å². The molecule has 2 aromatic carbocycles. The fourth-order valence-corrected chi connectivity index (χ4v) is 3.14. The van der Waals surface area contributed by atoms with Gasteiger partial charge in [0.1, 0.15) is 17.9 Å². The van der Waals surface area contributed by atoms with E-state index < -0.39 is 0 Å². The summed E-state index contributed by atoms with van der Waals surface area (Å²) in [5.41, 5.74) is 1.36. The lowest BCUT2D eigenvalue weighted by molar-refractivity contribution is -0.670. The molecule has 2 N–H and O–H groups in total. The molecule has 0 aliphatic heterocycles. The molecule has 24 heavy (non-hydrogen) atoms. The molecule has 0 saturated heterocycles.